The lowest BCUT2D eigenvalue weighted by atomic mass is 9.93. The van der Waals surface area contributed by atoms with E-state index in [2.05, 4.69) is 48.0 Å². The van der Waals surface area contributed by atoms with Gasteiger partial charge < -0.3 is 18.5 Å². The van der Waals surface area contributed by atoms with E-state index in [1.807, 2.05) is 25.7 Å². The number of ether oxygens (including phenoxy) is 1. The van der Waals surface area contributed by atoms with E-state index < -0.39 is 13.9 Å². The third kappa shape index (κ3) is 8.83. The highest BCUT2D eigenvalue weighted by Gasteiger charge is 2.37. The molecule has 0 spiro atoms. The summed E-state index contributed by atoms with van der Waals surface area (Å²) >= 11 is 0. The molecule has 0 aromatic carbocycles. The van der Waals surface area contributed by atoms with Crippen molar-refractivity contribution in [2.75, 3.05) is 46.9 Å². The van der Waals surface area contributed by atoms with Crippen molar-refractivity contribution >= 4 is 14.4 Å². The molecule has 28 heavy (non-hydrogen) atoms. The quantitative estimate of drug-likeness (QED) is 0.428. The molecule has 1 saturated heterocycles. The van der Waals surface area contributed by atoms with Gasteiger partial charge in [0.2, 0.25) is 0 Å². The summed E-state index contributed by atoms with van der Waals surface area (Å²) in [6.45, 7) is 22.0. The average Bonchev–Trinajstić information content (AvgIpc) is 2.50. The van der Waals surface area contributed by atoms with Gasteiger partial charge in [0, 0.05) is 13.1 Å². The monoisotopic (exact) mass is 415 g/mol. The zero-order chi connectivity index (χ0) is 21.8. The number of likely N-dealkylation sites (N-methyl/N-ethyl adjacent to an activating group) is 1. The molecule has 0 N–H and O–H groups in total. The van der Waals surface area contributed by atoms with Gasteiger partial charge in [-0.15, -0.1) is 0 Å². The van der Waals surface area contributed by atoms with Crippen LogP contribution in [0.25, 0.3) is 0 Å². The summed E-state index contributed by atoms with van der Waals surface area (Å²) in [6.07, 6.45) is 3.22. The summed E-state index contributed by atoms with van der Waals surface area (Å²) in [5.74, 6) is 0.706. The van der Waals surface area contributed by atoms with Crippen molar-refractivity contribution in [3.05, 3.63) is 0 Å². The van der Waals surface area contributed by atoms with Crippen LogP contribution in [0.1, 0.15) is 60.8 Å². The highest BCUT2D eigenvalue weighted by atomic mass is 28.4. The number of hydrogen-bond donors (Lipinski definition) is 0. The van der Waals surface area contributed by atoms with Gasteiger partial charge in [-0.25, -0.2) is 4.79 Å². The molecule has 1 aliphatic rings. The summed E-state index contributed by atoms with van der Waals surface area (Å²) in [6, 6.07) is 0. The Morgan fingerprint density at radius 3 is 2.04 bits per heavy atom. The van der Waals surface area contributed by atoms with E-state index >= 15 is 0 Å². The molecule has 5 nitrogen and oxygen atoms in total. The van der Waals surface area contributed by atoms with Gasteiger partial charge in [-0.2, -0.15) is 0 Å². The molecular weight excluding hydrogens is 368 g/mol. The molecule has 0 saturated carbocycles. The van der Waals surface area contributed by atoms with Gasteiger partial charge in [0.1, 0.15) is 12.1 Å². The minimum Gasteiger partial charge on any atom is -0.444 e. The van der Waals surface area contributed by atoms with E-state index in [0.717, 1.165) is 50.1 Å². The standard InChI is InChI=1S/C22H47N2O3Si/c1-21(2,3)27-20(25)23-14-11-19(12-15-23)13-16-24(7,8)17-18-26-28(9,10)22(4,5)6/h19H,11-18H2,1-10H3/q+1. The SMILES string of the molecule is CC(C)(C)OC(=O)N1CCC(CC[N+](C)(C)CCO[Si](C)(C)C(C)(C)C)CC1. The van der Waals surface area contributed by atoms with Crippen molar-refractivity contribution < 1.29 is 18.4 Å². The molecule has 0 aliphatic carbocycles. The molecule has 0 bridgehead atoms. The summed E-state index contributed by atoms with van der Waals surface area (Å²) in [5.41, 5.74) is -0.415. The second-order valence-corrected chi connectivity index (χ2v) is 16.5. The molecule has 0 unspecified atom stereocenters. The van der Waals surface area contributed by atoms with Crippen LogP contribution in [0.2, 0.25) is 18.1 Å². The largest absolute Gasteiger partial charge is 0.444 e. The molecule has 166 valence electrons. The third-order valence-corrected chi connectivity index (χ3v) is 10.9. The molecular formula is C22H47N2O3Si+. The van der Waals surface area contributed by atoms with E-state index in [1.165, 1.54) is 6.42 Å². The fourth-order valence-electron chi connectivity index (χ4n) is 3.14. The topological polar surface area (TPSA) is 38.8 Å². The minimum absolute atomic E-state index is 0.162. The second kappa shape index (κ2) is 9.48. The van der Waals surface area contributed by atoms with E-state index in [-0.39, 0.29) is 11.1 Å². The van der Waals surface area contributed by atoms with Gasteiger partial charge in [-0.05, 0) is 64.1 Å². The van der Waals surface area contributed by atoms with Gasteiger partial charge in [0.25, 0.3) is 0 Å². The van der Waals surface area contributed by atoms with Gasteiger partial charge >= 0.3 is 6.09 Å². The molecule has 6 heteroatoms. The van der Waals surface area contributed by atoms with E-state index in [1.54, 1.807) is 0 Å². The highest BCUT2D eigenvalue weighted by molar-refractivity contribution is 6.74. The number of rotatable bonds is 7. The van der Waals surface area contributed by atoms with Crippen molar-refractivity contribution in [3.63, 3.8) is 0 Å². The number of quaternary nitrogens is 1. The first-order valence-corrected chi connectivity index (χ1v) is 13.9. The van der Waals surface area contributed by atoms with Crippen LogP contribution in [-0.4, -0.2) is 76.3 Å². The lowest BCUT2D eigenvalue weighted by Crippen LogP contribution is -2.48. The van der Waals surface area contributed by atoms with Gasteiger partial charge in [-0.1, -0.05) is 20.8 Å². The average molecular weight is 416 g/mol. The van der Waals surface area contributed by atoms with Gasteiger partial charge in [0.15, 0.2) is 8.32 Å². The predicted octanol–water partition coefficient (Wildman–Crippen LogP) is 5.12. The Labute approximate surface area is 175 Å². The zero-order valence-electron chi connectivity index (χ0n) is 20.4. The number of piperidine rings is 1. The van der Waals surface area contributed by atoms with E-state index in [0.29, 0.717) is 5.92 Å². The van der Waals surface area contributed by atoms with Gasteiger partial charge in [-0.3, -0.25) is 0 Å². The Hall–Kier alpha value is -0.593. The first-order chi connectivity index (χ1) is 12.5. The van der Waals surface area contributed by atoms with Crippen LogP contribution in [0.15, 0.2) is 0 Å². The third-order valence-electron chi connectivity index (χ3n) is 6.37. The highest BCUT2D eigenvalue weighted by Crippen LogP contribution is 2.36. The van der Waals surface area contributed by atoms with Crippen molar-refractivity contribution in [2.24, 2.45) is 5.92 Å². The number of hydrogen-bond acceptors (Lipinski definition) is 3. The van der Waals surface area contributed by atoms with Crippen LogP contribution in [0.5, 0.6) is 0 Å². The Morgan fingerprint density at radius 2 is 1.57 bits per heavy atom. The minimum atomic E-state index is -1.65. The number of nitrogens with zero attached hydrogens (tertiary/aromatic N) is 2. The smallest absolute Gasteiger partial charge is 0.410 e. The Bertz CT molecular complexity index is 499. The summed E-state index contributed by atoms with van der Waals surface area (Å²) in [5, 5.41) is 0.270. The summed E-state index contributed by atoms with van der Waals surface area (Å²) < 4.78 is 12.9. The molecule has 0 aromatic rings. The second-order valence-electron chi connectivity index (χ2n) is 11.7. The first-order valence-electron chi connectivity index (χ1n) is 11.0. The Balaban J connectivity index is 2.34. The van der Waals surface area contributed by atoms with E-state index in [9.17, 15) is 4.79 Å². The van der Waals surface area contributed by atoms with Crippen LogP contribution >= 0.6 is 0 Å². The zero-order valence-corrected chi connectivity index (χ0v) is 21.4. The van der Waals surface area contributed by atoms with Crippen molar-refractivity contribution in [1.29, 1.82) is 0 Å². The molecule has 0 radical (unpaired) electrons. The first kappa shape index (κ1) is 25.4. The number of carbonyl (C=O) groups is 1. The van der Waals surface area contributed by atoms with Crippen LogP contribution in [-0.2, 0) is 9.16 Å². The van der Waals surface area contributed by atoms with Crippen LogP contribution in [0.4, 0.5) is 4.79 Å². The van der Waals surface area contributed by atoms with E-state index in [4.69, 9.17) is 9.16 Å². The van der Waals surface area contributed by atoms with Crippen LogP contribution in [0, 0.1) is 5.92 Å². The molecule has 1 fully saturated rings. The lowest BCUT2D eigenvalue weighted by molar-refractivity contribution is -0.891. The molecule has 1 rings (SSSR count). The Morgan fingerprint density at radius 1 is 1.04 bits per heavy atom. The molecule has 0 aromatic heterocycles. The normalized spacial score (nSPS) is 17.7. The summed E-state index contributed by atoms with van der Waals surface area (Å²) in [7, 11) is 2.97. The fraction of sp³-hybridized carbons (Fsp3) is 0.955. The summed E-state index contributed by atoms with van der Waals surface area (Å²) in [4.78, 5) is 14.1. The maximum Gasteiger partial charge on any atom is 0.410 e. The maximum atomic E-state index is 12.2. The Kier molecular flexibility index (Phi) is 8.61. The fourth-order valence-corrected chi connectivity index (χ4v) is 4.17. The number of carbonyl (C=O) groups excluding carboxylic acids is 1. The molecule has 1 heterocycles. The van der Waals surface area contributed by atoms with Crippen LogP contribution < -0.4 is 0 Å². The predicted molar refractivity (Wildman–Crippen MR) is 120 cm³/mol. The van der Waals surface area contributed by atoms with Gasteiger partial charge in [0.05, 0.1) is 27.2 Å². The van der Waals surface area contributed by atoms with Crippen molar-refractivity contribution in [2.45, 2.75) is 84.5 Å². The van der Waals surface area contributed by atoms with Crippen molar-refractivity contribution in [1.82, 2.24) is 4.90 Å². The van der Waals surface area contributed by atoms with Crippen molar-refractivity contribution in [3.8, 4) is 0 Å². The number of amides is 1. The van der Waals surface area contributed by atoms with Crippen LogP contribution in [0.3, 0.4) is 0 Å². The molecule has 1 amide bonds. The maximum absolute atomic E-state index is 12.2. The molecule has 1 aliphatic heterocycles. The number of likely N-dealkylation sites (tertiary alicyclic amines) is 1. The lowest BCUT2D eigenvalue weighted by Gasteiger charge is -2.38. The molecule has 0 atom stereocenters.